The fourth-order valence-corrected chi connectivity index (χ4v) is 2.06. The van der Waals surface area contributed by atoms with E-state index in [0.717, 1.165) is 5.56 Å². The monoisotopic (exact) mass is 273 g/mol. The summed E-state index contributed by atoms with van der Waals surface area (Å²) >= 11 is 0. The van der Waals surface area contributed by atoms with Gasteiger partial charge in [-0.25, -0.2) is 0 Å². The molecule has 0 spiro atoms. The van der Waals surface area contributed by atoms with Gasteiger partial charge in [0.25, 0.3) is 5.91 Å². The Bertz CT molecular complexity index is 604. The maximum atomic E-state index is 11.9. The molecule has 0 saturated carbocycles. The first kappa shape index (κ1) is 13.9. The second-order valence-corrected chi connectivity index (χ2v) is 4.31. The second-order valence-electron chi connectivity index (χ2n) is 4.31. The van der Waals surface area contributed by atoms with Crippen LogP contribution in [0.25, 0.3) is 6.08 Å². The van der Waals surface area contributed by atoms with Crippen LogP contribution in [0.4, 0.5) is 0 Å². The van der Waals surface area contributed by atoms with Gasteiger partial charge in [-0.3, -0.25) is 9.59 Å². The summed E-state index contributed by atoms with van der Waals surface area (Å²) in [5.41, 5.74) is 1.41. The van der Waals surface area contributed by atoms with E-state index in [9.17, 15) is 9.59 Å². The average Bonchev–Trinajstić information content (AvgIpc) is 2.73. The number of carbonyl (C=O) groups is 2. The SMILES string of the molecule is C=C1NC(=O)/C(=C\c2cccc(OC)c2)[C@H]1C(=O)OC. The summed E-state index contributed by atoms with van der Waals surface area (Å²) in [5, 5.41) is 2.55. The maximum Gasteiger partial charge on any atom is 0.319 e. The van der Waals surface area contributed by atoms with E-state index < -0.39 is 11.9 Å². The normalized spacial score (nSPS) is 19.9. The molecule has 1 atom stereocenters. The molecule has 20 heavy (non-hydrogen) atoms. The Kier molecular flexibility index (Phi) is 3.89. The van der Waals surface area contributed by atoms with E-state index in [-0.39, 0.29) is 5.91 Å². The molecule has 0 bridgehead atoms. The van der Waals surface area contributed by atoms with Gasteiger partial charge in [-0.1, -0.05) is 18.7 Å². The zero-order valence-electron chi connectivity index (χ0n) is 11.3. The highest BCUT2D eigenvalue weighted by Crippen LogP contribution is 2.28. The van der Waals surface area contributed by atoms with Crippen LogP contribution in [0.5, 0.6) is 5.75 Å². The molecule has 0 radical (unpaired) electrons. The molecule has 1 amide bonds. The Labute approximate surface area is 116 Å². The molecule has 5 nitrogen and oxygen atoms in total. The van der Waals surface area contributed by atoms with E-state index in [1.807, 2.05) is 6.07 Å². The Hall–Kier alpha value is -2.56. The minimum Gasteiger partial charge on any atom is -0.497 e. The van der Waals surface area contributed by atoms with Gasteiger partial charge in [-0.2, -0.15) is 0 Å². The highest BCUT2D eigenvalue weighted by molar-refractivity contribution is 6.08. The standard InChI is InChI=1S/C15H15NO4/c1-9-13(15(18)20-3)12(14(17)16-9)8-10-5-4-6-11(7-10)19-2/h4-8,13H,1H2,2-3H3,(H,16,17)/b12-8-/t13-/m0/s1. The summed E-state index contributed by atoms with van der Waals surface area (Å²) in [7, 11) is 2.84. The lowest BCUT2D eigenvalue weighted by Crippen LogP contribution is -2.17. The van der Waals surface area contributed by atoms with Gasteiger partial charge in [0.15, 0.2) is 0 Å². The van der Waals surface area contributed by atoms with Crippen LogP contribution in [-0.2, 0) is 14.3 Å². The number of esters is 1. The largest absolute Gasteiger partial charge is 0.497 e. The van der Waals surface area contributed by atoms with E-state index in [1.54, 1.807) is 31.4 Å². The van der Waals surface area contributed by atoms with Crippen LogP contribution in [0.2, 0.25) is 0 Å². The molecule has 1 saturated heterocycles. The highest BCUT2D eigenvalue weighted by Gasteiger charge is 2.37. The van der Waals surface area contributed by atoms with Gasteiger partial charge in [0.05, 0.1) is 14.2 Å². The smallest absolute Gasteiger partial charge is 0.319 e. The van der Waals surface area contributed by atoms with Crippen LogP contribution in [0.3, 0.4) is 0 Å². The summed E-state index contributed by atoms with van der Waals surface area (Å²) in [6.07, 6.45) is 1.64. The number of benzene rings is 1. The number of hydrogen-bond acceptors (Lipinski definition) is 4. The van der Waals surface area contributed by atoms with Crippen LogP contribution in [0.15, 0.2) is 42.1 Å². The van der Waals surface area contributed by atoms with Gasteiger partial charge in [0.2, 0.25) is 0 Å². The lowest BCUT2D eigenvalue weighted by Gasteiger charge is -2.08. The predicted octanol–water partition coefficient (Wildman–Crippen LogP) is 1.51. The van der Waals surface area contributed by atoms with Crippen molar-refractivity contribution in [3.05, 3.63) is 47.7 Å². The van der Waals surface area contributed by atoms with Crippen molar-refractivity contribution >= 4 is 18.0 Å². The van der Waals surface area contributed by atoms with Crippen molar-refractivity contribution in [1.82, 2.24) is 5.32 Å². The van der Waals surface area contributed by atoms with Crippen LogP contribution < -0.4 is 10.1 Å². The first-order valence-electron chi connectivity index (χ1n) is 6.00. The molecule has 0 unspecified atom stereocenters. The third-order valence-corrected chi connectivity index (χ3v) is 3.05. The number of ether oxygens (including phenoxy) is 2. The van der Waals surface area contributed by atoms with Gasteiger partial charge < -0.3 is 14.8 Å². The molecular weight excluding hydrogens is 258 g/mol. The summed E-state index contributed by atoms with van der Waals surface area (Å²) in [5.74, 6) is -0.958. The third kappa shape index (κ3) is 2.56. The molecular formula is C15H15NO4. The summed E-state index contributed by atoms with van der Waals surface area (Å²) in [6.45, 7) is 3.68. The molecule has 0 aromatic heterocycles. The average molecular weight is 273 g/mol. The Morgan fingerprint density at radius 3 is 2.80 bits per heavy atom. The fourth-order valence-electron chi connectivity index (χ4n) is 2.06. The Morgan fingerprint density at radius 1 is 1.40 bits per heavy atom. The van der Waals surface area contributed by atoms with Crippen molar-refractivity contribution < 1.29 is 19.1 Å². The Morgan fingerprint density at radius 2 is 2.15 bits per heavy atom. The number of nitrogens with one attached hydrogen (secondary N) is 1. The number of rotatable bonds is 3. The number of carbonyl (C=O) groups excluding carboxylic acids is 2. The van der Waals surface area contributed by atoms with Crippen LogP contribution in [-0.4, -0.2) is 26.1 Å². The summed E-state index contributed by atoms with van der Waals surface area (Å²) < 4.78 is 9.83. The molecule has 1 aromatic carbocycles. The number of methoxy groups -OCH3 is 2. The molecule has 1 fully saturated rings. The van der Waals surface area contributed by atoms with E-state index in [2.05, 4.69) is 11.9 Å². The van der Waals surface area contributed by atoms with Gasteiger partial charge in [-0.15, -0.1) is 0 Å². The minimum atomic E-state index is -0.779. The van der Waals surface area contributed by atoms with Crippen molar-refractivity contribution in [2.45, 2.75) is 0 Å². The Balaban J connectivity index is 2.41. The molecule has 2 rings (SSSR count). The van der Waals surface area contributed by atoms with Crippen LogP contribution in [0, 0.1) is 5.92 Å². The fraction of sp³-hybridized carbons (Fsp3) is 0.200. The van der Waals surface area contributed by atoms with E-state index in [4.69, 9.17) is 9.47 Å². The van der Waals surface area contributed by atoms with Crippen LogP contribution >= 0.6 is 0 Å². The molecule has 1 heterocycles. The lowest BCUT2D eigenvalue weighted by molar-refractivity contribution is -0.142. The molecule has 1 aliphatic rings. The van der Waals surface area contributed by atoms with Gasteiger partial charge >= 0.3 is 5.97 Å². The zero-order valence-corrected chi connectivity index (χ0v) is 11.3. The number of amides is 1. The van der Waals surface area contributed by atoms with Crippen molar-refractivity contribution in [2.75, 3.05) is 14.2 Å². The van der Waals surface area contributed by atoms with Crippen molar-refractivity contribution in [2.24, 2.45) is 5.92 Å². The van der Waals surface area contributed by atoms with Crippen LogP contribution in [0.1, 0.15) is 5.56 Å². The molecule has 1 N–H and O–H groups in total. The molecule has 104 valence electrons. The van der Waals surface area contributed by atoms with Crippen molar-refractivity contribution in [1.29, 1.82) is 0 Å². The highest BCUT2D eigenvalue weighted by atomic mass is 16.5. The van der Waals surface area contributed by atoms with Gasteiger partial charge in [0, 0.05) is 11.3 Å². The van der Waals surface area contributed by atoms with E-state index in [0.29, 0.717) is 17.0 Å². The lowest BCUT2D eigenvalue weighted by atomic mass is 9.98. The minimum absolute atomic E-state index is 0.315. The predicted molar refractivity (Wildman–Crippen MR) is 73.8 cm³/mol. The molecule has 0 aliphatic carbocycles. The summed E-state index contributed by atoms with van der Waals surface area (Å²) in [6, 6.07) is 7.20. The topological polar surface area (TPSA) is 64.6 Å². The first-order chi connectivity index (χ1) is 9.56. The van der Waals surface area contributed by atoms with E-state index >= 15 is 0 Å². The quantitative estimate of drug-likeness (QED) is 0.669. The van der Waals surface area contributed by atoms with E-state index in [1.165, 1.54) is 7.11 Å². The second kappa shape index (κ2) is 5.61. The molecule has 1 aromatic rings. The third-order valence-electron chi connectivity index (χ3n) is 3.05. The zero-order chi connectivity index (χ0) is 14.7. The molecule has 1 aliphatic heterocycles. The van der Waals surface area contributed by atoms with Crippen molar-refractivity contribution in [3.8, 4) is 5.75 Å². The summed E-state index contributed by atoms with van der Waals surface area (Å²) in [4.78, 5) is 23.6. The van der Waals surface area contributed by atoms with Crippen molar-refractivity contribution in [3.63, 3.8) is 0 Å². The molecule has 5 heteroatoms. The number of hydrogen-bond donors (Lipinski definition) is 1. The maximum absolute atomic E-state index is 11.9. The van der Waals surface area contributed by atoms with Gasteiger partial charge in [-0.05, 0) is 23.8 Å². The first-order valence-corrected chi connectivity index (χ1v) is 6.00. The van der Waals surface area contributed by atoms with Gasteiger partial charge in [0.1, 0.15) is 11.7 Å².